The third kappa shape index (κ3) is 7.35. The zero-order chi connectivity index (χ0) is 18.2. The van der Waals surface area contributed by atoms with E-state index in [1.165, 1.54) is 90.4 Å². The van der Waals surface area contributed by atoms with Crippen molar-refractivity contribution in [3.05, 3.63) is 0 Å². The predicted octanol–water partition coefficient (Wildman–Crippen LogP) is 3.44. The van der Waals surface area contributed by atoms with E-state index in [9.17, 15) is 0 Å². The summed E-state index contributed by atoms with van der Waals surface area (Å²) in [6, 6.07) is 2.21. The first-order valence-electron chi connectivity index (χ1n) is 11.2. The summed E-state index contributed by atoms with van der Waals surface area (Å²) in [6.07, 6.45) is 13.6. The molecule has 2 atom stereocenters. The number of nitrogens with one attached hydrogen (secondary N) is 2. The Morgan fingerprint density at radius 2 is 1.78 bits per heavy atom. The number of aliphatic imine (C=N–C) groups is 1. The highest BCUT2D eigenvalue weighted by Crippen LogP contribution is 2.26. The van der Waals surface area contributed by atoms with Crippen LogP contribution in [0, 0.1) is 0 Å². The molecule has 0 aromatic carbocycles. The van der Waals surface area contributed by atoms with Crippen molar-refractivity contribution in [3.63, 3.8) is 0 Å². The summed E-state index contributed by atoms with van der Waals surface area (Å²) >= 11 is 0. The van der Waals surface area contributed by atoms with Gasteiger partial charge >= 0.3 is 0 Å². The average molecular weight is 492 g/mol. The molecule has 2 aliphatic heterocycles. The summed E-state index contributed by atoms with van der Waals surface area (Å²) in [7, 11) is 1.90. The number of nitrogens with zero attached hydrogens (tertiary/aromatic N) is 3. The van der Waals surface area contributed by atoms with E-state index in [-0.39, 0.29) is 24.0 Å². The number of guanidine groups is 1. The van der Waals surface area contributed by atoms with E-state index in [2.05, 4.69) is 32.3 Å². The highest BCUT2D eigenvalue weighted by atomic mass is 127. The molecule has 27 heavy (non-hydrogen) atoms. The van der Waals surface area contributed by atoms with Crippen molar-refractivity contribution in [2.75, 3.05) is 39.8 Å². The van der Waals surface area contributed by atoms with Gasteiger partial charge in [-0.05, 0) is 65.0 Å². The molecule has 2 saturated heterocycles. The fraction of sp³-hybridized carbons (Fsp3) is 0.952. The Kier molecular flexibility index (Phi) is 10.7. The maximum Gasteiger partial charge on any atom is 0.191 e. The molecule has 3 aliphatic rings. The molecular formula is C21H42IN5. The maximum absolute atomic E-state index is 4.44. The van der Waals surface area contributed by atoms with Gasteiger partial charge in [0.05, 0.1) is 0 Å². The first kappa shape index (κ1) is 23.2. The van der Waals surface area contributed by atoms with E-state index in [1.54, 1.807) is 0 Å². The van der Waals surface area contributed by atoms with Crippen LogP contribution in [0.5, 0.6) is 0 Å². The Labute approximate surface area is 184 Å². The standard InChI is InChI=1S/C21H41N5.HI/c1-18-9-5-7-14-25(18)15-8-6-13-23-21(22-2)24-19-12-16-26(17-19)20-10-3-4-11-20;/h18-20H,3-17H2,1-2H3,(H2,22,23,24);1H. The van der Waals surface area contributed by atoms with Gasteiger partial charge in [-0.25, -0.2) is 0 Å². The molecule has 0 amide bonds. The minimum absolute atomic E-state index is 0. The van der Waals surface area contributed by atoms with E-state index < -0.39 is 0 Å². The predicted molar refractivity (Wildman–Crippen MR) is 126 cm³/mol. The van der Waals surface area contributed by atoms with Crippen LogP contribution in [0.2, 0.25) is 0 Å². The largest absolute Gasteiger partial charge is 0.356 e. The average Bonchev–Trinajstić information content (AvgIpc) is 3.33. The highest BCUT2D eigenvalue weighted by Gasteiger charge is 2.30. The van der Waals surface area contributed by atoms with Crippen molar-refractivity contribution in [1.29, 1.82) is 0 Å². The van der Waals surface area contributed by atoms with Gasteiger partial charge in [0.2, 0.25) is 0 Å². The number of hydrogen-bond donors (Lipinski definition) is 2. The molecule has 0 aromatic heterocycles. The lowest BCUT2D eigenvalue weighted by Crippen LogP contribution is -2.45. The SMILES string of the molecule is CN=C(NCCCCN1CCCCC1C)NC1CCN(C2CCCC2)C1.I. The summed E-state index contributed by atoms with van der Waals surface area (Å²) in [4.78, 5) is 9.82. The number of halogens is 1. The van der Waals surface area contributed by atoms with Crippen LogP contribution in [0.4, 0.5) is 0 Å². The summed E-state index contributed by atoms with van der Waals surface area (Å²) in [5.41, 5.74) is 0. The molecule has 2 heterocycles. The summed E-state index contributed by atoms with van der Waals surface area (Å²) in [6.45, 7) is 8.43. The normalized spacial score (nSPS) is 28.3. The molecule has 0 radical (unpaired) electrons. The summed E-state index contributed by atoms with van der Waals surface area (Å²) in [5.74, 6) is 0.995. The van der Waals surface area contributed by atoms with Crippen LogP contribution in [-0.2, 0) is 0 Å². The van der Waals surface area contributed by atoms with E-state index in [0.717, 1.165) is 24.6 Å². The van der Waals surface area contributed by atoms with Gasteiger partial charge in [-0.1, -0.05) is 19.3 Å². The topological polar surface area (TPSA) is 42.9 Å². The van der Waals surface area contributed by atoms with Gasteiger partial charge in [0.1, 0.15) is 0 Å². The van der Waals surface area contributed by atoms with E-state index in [0.29, 0.717) is 6.04 Å². The van der Waals surface area contributed by atoms with E-state index in [1.807, 2.05) is 7.05 Å². The third-order valence-electron chi connectivity index (χ3n) is 6.73. The number of hydrogen-bond acceptors (Lipinski definition) is 3. The fourth-order valence-electron chi connectivity index (χ4n) is 5.03. The smallest absolute Gasteiger partial charge is 0.191 e. The first-order chi connectivity index (χ1) is 12.8. The Hall–Kier alpha value is -0.0800. The Bertz CT molecular complexity index is 438. The van der Waals surface area contributed by atoms with E-state index >= 15 is 0 Å². The molecule has 3 rings (SSSR count). The molecule has 3 fully saturated rings. The molecule has 5 nitrogen and oxygen atoms in total. The van der Waals surface area contributed by atoms with E-state index in [4.69, 9.17) is 0 Å². The summed E-state index contributed by atoms with van der Waals surface area (Å²) in [5, 5.41) is 7.18. The zero-order valence-corrected chi connectivity index (χ0v) is 19.9. The van der Waals surface area contributed by atoms with Gasteiger partial charge in [0.15, 0.2) is 5.96 Å². The van der Waals surface area contributed by atoms with Crippen LogP contribution >= 0.6 is 24.0 Å². The first-order valence-corrected chi connectivity index (χ1v) is 11.2. The van der Waals surface area contributed by atoms with Gasteiger partial charge in [-0.3, -0.25) is 9.89 Å². The number of rotatable bonds is 7. The van der Waals surface area contributed by atoms with Crippen LogP contribution in [0.15, 0.2) is 4.99 Å². The Morgan fingerprint density at radius 3 is 2.52 bits per heavy atom. The lowest BCUT2D eigenvalue weighted by Gasteiger charge is -2.33. The quantitative estimate of drug-likeness (QED) is 0.248. The zero-order valence-electron chi connectivity index (χ0n) is 17.6. The lowest BCUT2D eigenvalue weighted by atomic mass is 10.0. The van der Waals surface area contributed by atoms with Crippen molar-refractivity contribution in [1.82, 2.24) is 20.4 Å². The minimum atomic E-state index is 0. The summed E-state index contributed by atoms with van der Waals surface area (Å²) < 4.78 is 0. The van der Waals surface area contributed by atoms with Gasteiger partial charge in [0, 0.05) is 44.8 Å². The molecule has 2 unspecified atom stereocenters. The molecule has 1 saturated carbocycles. The molecule has 0 bridgehead atoms. The molecule has 6 heteroatoms. The van der Waals surface area contributed by atoms with Gasteiger partial charge in [-0.15, -0.1) is 24.0 Å². The van der Waals surface area contributed by atoms with Crippen LogP contribution in [0.25, 0.3) is 0 Å². The van der Waals surface area contributed by atoms with Crippen LogP contribution in [0.1, 0.15) is 71.1 Å². The molecule has 2 N–H and O–H groups in total. The highest BCUT2D eigenvalue weighted by molar-refractivity contribution is 14.0. The number of piperidine rings is 1. The number of unbranched alkanes of at least 4 members (excludes halogenated alkanes) is 1. The van der Waals surface area contributed by atoms with Crippen molar-refractivity contribution in [2.24, 2.45) is 4.99 Å². The third-order valence-corrected chi connectivity index (χ3v) is 6.73. The Morgan fingerprint density at radius 1 is 1.00 bits per heavy atom. The molecule has 0 spiro atoms. The van der Waals surface area contributed by atoms with Crippen LogP contribution in [-0.4, -0.2) is 73.7 Å². The lowest BCUT2D eigenvalue weighted by molar-refractivity contribution is 0.158. The Balaban J connectivity index is 0.00000261. The van der Waals surface area contributed by atoms with Crippen molar-refractivity contribution in [3.8, 4) is 0 Å². The van der Waals surface area contributed by atoms with Gasteiger partial charge in [0.25, 0.3) is 0 Å². The van der Waals surface area contributed by atoms with Crippen molar-refractivity contribution >= 4 is 29.9 Å². The molecule has 0 aromatic rings. The van der Waals surface area contributed by atoms with Gasteiger partial charge in [-0.2, -0.15) is 0 Å². The fourth-order valence-corrected chi connectivity index (χ4v) is 5.03. The van der Waals surface area contributed by atoms with Gasteiger partial charge < -0.3 is 15.5 Å². The molecular weight excluding hydrogens is 449 g/mol. The van der Waals surface area contributed by atoms with Crippen LogP contribution < -0.4 is 10.6 Å². The van der Waals surface area contributed by atoms with Crippen molar-refractivity contribution in [2.45, 2.75) is 89.3 Å². The monoisotopic (exact) mass is 491 g/mol. The maximum atomic E-state index is 4.44. The van der Waals surface area contributed by atoms with Crippen molar-refractivity contribution < 1.29 is 0 Å². The minimum Gasteiger partial charge on any atom is -0.356 e. The second kappa shape index (κ2) is 12.5. The van der Waals surface area contributed by atoms with Crippen LogP contribution in [0.3, 0.4) is 0 Å². The molecule has 1 aliphatic carbocycles. The molecule has 158 valence electrons. The second-order valence-electron chi connectivity index (χ2n) is 8.65. The number of likely N-dealkylation sites (tertiary alicyclic amines) is 2. The second-order valence-corrected chi connectivity index (χ2v) is 8.65.